The van der Waals surface area contributed by atoms with Gasteiger partial charge in [0.1, 0.15) is 6.10 Å². The monoisotopic (exact) mass is 239 g/mol. The van der Waals surface area contributed by atoms with E-state index in [1.54, 1.807) is 20.4 Å². The van der Waals surface area contributed by atoms with Crippen LogP contribution in [0.5, 0.6) is 0 Å². The summed E-state index contributed by atoms with van der Waals surface area (Å²) in [6.07, 6.45) is 1.66. The summed E-state index contributed by atoms with van der Waals surface area (Å²) < 4.78 is 20.7. The van der Waals surface area contributed by atoms with Crippen LogP contribution < -0.4 is 0 Å². The van der Waals surface area contributed by atoms with Crippen LogP contribution in [0.4, 0.5) is 0 Å². The van der Waals surface area contributed by atoms with Crippen LogP contribution in [-0.2, 0) is 25.6 Å². The topological polar surface area (TPSA) is 53.1 Å². The zero-order valence-electron chi connectivity index (χ0n) is 10.1. The van der Waals surface area contributed by atoms with E-state index in [1.165, 1.54) is 0 Å². The van der Waals surface area contributed by atoms with Crippen molar-refractivity contribution in [2.24, 2.45) is 0 Å². The van der Waals surface area contributed by atoms with Gasteiger partial charge in [0, 0.05) is 20.4 Å². The summed E-state index contributed by atoms with van der Waals surface area (Å²) in [4.78, 5) is 4.27. The Hall–Kier alpha value is -1.01. The van der Waals surface area contributed by atoms with Crippen molar-refractivity contribution in [2.45, 2.75) is 19.0 Å². The first-order valence-corrected chi connectivity index (χ1v) is 5.53. The predicted octanol–water partition coefficient (Wildman–Crippen LogP) is 1.29. The van der Waals surface area contributed by atoms with E-state index in [9.17, 15) is 0 Å². The minimum atomic E-state index is -0.412. The van der Waals surface area contributed by atoms with Crippen LogP contribution in [0, 0.1) is 0 Å². The first-order valence-electron chi connectivity index (χ1n) is 5.53. The average Bonchev–Trinajstić information content (AvgIpc) is 3.17. The molecule has 0 bridgehead atoms. The molecule has 0 aliphatic carbocycles. The van der Waals surface area contributed by atoms with E-state index in [2.05, 4.69) is 4.98 Å². The quantitative estimate of drug-likeness (QED) is 0.530. The number of hydrogen-bond acceptors (Lipinski definition) is 5. The molecule has 1 aliphatic rings. The molecule has 1 saturated heterocycles. The third kappa shape index (κ3) is 3.74. The van der Waals surface area contributed by atoms with Gasteiger partial charge >= 0.3 is 0 Å². The Morgan fingerprint density at radius 3 is 2.71 bits per heavy atom. The Bertz CT molecular complexity index is 333. The largest absolute Gasteiger partial charge is 0.374 e. The predicted molar refractivity (Wildman–Crippen MR) is 60.4 cm³/mol. The van der Waals surface area contributed by atoms with E-state index >= 15 is 0 Å². The van der Waals surface area contributed by atoms with Gasteiger partial charge in [0.05, 0.1) is 25.5 Å². The molecule has 2 rings (SSSR count). The molecule has 0 aromatic carbocycles. The highest BCUT2D eigenvalue weighted by molar-refractivity contribution is 5.14. The summed E-state index contributed by atoms with van der Waals surface area (Å²) in [6.45, 7) is 2.03. The van der Waals surface area contributed by atoms with Gasteiger partial charge in [-0.2, -0.15) is 0 Å². The third-order valence-corrected chi connectivity index (χ3v) is 2.49. The maximum absolute atomic E-state index is 5.47. The lowest BCUT2D eigenvalue weighted by molar-refractivity contribution is -0.108. The van der Waals surface area contributed by atoms with Crippen molar-refractivity contribution in [3.05, 3.63) is 29.6 Å². The molecule has 1 atom stereocenters. The van der Waals surface area contributed by atoms with Gasteiger partial charge < -0.3 is 18.9 Å². The maximum Gasteiger partial charge on any atom is 0.200 e. The molecule has 0 amide bonds. The Balaban J connectivity index is 1.83. The van der Waals surface area contributed by atoms with Gasteiger partial charge in [-0.15, -0.1) is 0 Å². The number of rotatable bonds is 7. The molecule has 1 unspecified atom stereocenters. The Kier molecular flexibility index (Phi) is 4.44. The Morgan fingerprint density at radius 2 is 2.18 bits per heavy atom. The smallest absolute Gasteiger partial charge is 0.200 e. The van der Waals surface area contributed by atoms with Gasteiger partial charge in [-0.05, 0) is 11.6 Å². The molecule has 1 fully saturated rings. The molecule has 0 N–H and O–H groups in total. The fourth-order valence-electron chi connectivity index (χ4n) is 1.47. The SMILES string of the molecule is COC(OC)c1ccc(COCC2CO2)cn1. The second kappa shape index (κ2) is 6.07. The van der Waals surface area contributed by atoms with Crippen molar-refractivity contribution in [1.82, 2.24) is 4.98 Å². The molecule has 5 heteroatoms. The van der Waals surface area contributed by atoms with Crippen LogP contribution in [0.2, 0.25) is 0 Å². The zero-order chi connectivity index (χ0) is 12.1. The van der Waals surface area contributed by atoms with E-state index in [0.717, 1.165) is 17.9 Å². The van der Waals surface area contributed by atoms with Gasteiger partial charge in [-0.3, -0.25) is 4.98 Å². The van der Waals surface area contributed by atoms with Crippen molar-refractivity contribution in [2.75, 3.05) is 27.4 Å². The van der Waals surface area contributed by atoms with Crippen LogP contribution in [-0.4, -0.2) is 38.5 Å². The molecule has 94 valence electrons. The van der Waals surface area contributed by atoms with Crippen molar-refractivity contribution < 1.29 is 18.9 Å². The van der Waals surface area contributed by atoms with Crippen LogP contribution in [0.15, 0.2) is 18.3 Å². The second-order valence-electron chi connectivity index (χ2n) is 3.87. The fraction of sp³-hybridized carbons (Fsp3) is 0.583. The number of epoxide rings is 1. The molecule has 0 spiro atoms. The van der Waals surface area contributed by atoms with Crippen molar-refractivity contribution in [3.63, 3.8) is 0 Å². The highest BCUT2D eigenvalue weighted by Crippen LogP contribution is 2.15. The molecule has 1 aliphatic heterocycles. The lowest BCUT2D eigenvalue weighted by Gasteiger charge is -2.12. The average molecular weight is 239 g/mol. The number of hydrogen-bond donors (Lipinski definition) is 0. The normalized spacial score (nSPS) is 18.6. The molecule has 1 aromatic heterocycles. The van der Waals surface area contributed by atoms with Gasteiger partial charge in [0.2, 0.25) is 6.29 Å². The highest BCUT2D eigenvalue weighted by Gasteiger charge is 2.22. The minimum absolute atomic E-state index is 0.300. The highest BCUT2D eigenvalue weighted by atomic mass is 16.7. The summed E-state index contributed by atoms with van der Waals surface area (Å²) in [6, 6.07) is 3.84. The molecule has 5 nitrogen and oxygen atoms in total. The van der Waals surface area contributed by atoms with E-state index in [1.807, 2.05) is 12.1 Å². The Morgan fingerprint density at radius 1 is 1.41 bits per heavy atom. The second-order valence-corrected chi connectivity index (χ2v) is 3.87. The Labute approximate surface area is 101 Å². The van der Waals surface area contributed by atoms with Crippen molar-refractivity contribution in [3.8, 4) is 0 Å². The van der Waals surface area contributed by atoms with Crippen LogP contribution in [0.25, 0.3) is 0 Å². The van der Waals surface area contributed by atoms with Gasteiger partial charge in [-0.25, -0.2) is 0 Å². The van der Waals surface area contributed by atoms with Crippen LogP contribution in [0.1, 0.15) is 17.5 Å². The summed E-state index contributed by atoms with van der Waals surface area (Å²) in [7, 11) is 3.17. The number of methoxy groups -OCH3 is 2. The molecule has 0 radical (unpaired) electrons. The molecule has 1 aromatic rings. The zero-order valence-corrected chi connectivity index (χ0v) is 10.1. The number of ether oxygens (including phenoxy) is 4. The summed E-state index contributed by atoms with van der Waals surface area (Å²) in [5, 5.41) is 0. The first-order chi connectivity index (χ1) is 8.33. The number of aromatic nitrogens is 1. The standard InChI is InChI=1S/C12H17NO4/c1-14-12(15-2)11-4-3-9(5-13-11)6-16-7-10-8-17-10/h3-5,10,12H,6-8H2,1-2H3. The summed E-state index contributed by atoms with van der Waals surface area (Å²) >= 11 is 0. The van der Waals surface area contributed by atoms with E-state index in [0.29, 0.717) is 19.3 Å². The van der Waals surface area contributed by atoms with E-state index in [-0.39, 0.29) is 0 Å². The molecule has 2 heterocycles. The van der Waals surface area contributed by atoms with E-state index < -0.39 is 6.29 Å². The number of nitrogens with zero attached hydrogens (tertiary/aromatic N) is 1. The van der Waals surface area contributed by atoms with Gasteiger partial charge in [0.15, 0.2) is 0 Å². The molecular formula is C12H17NO4. The van der Waals surface area contributed by atoms with Crippen molar-refractivity contribution >= 4 is 0 Å². The summed E-state index contributed by atoms with van der Waals surface area (Å²) in [5.41, 5.74) is 1.78. The fourth-order valence-corrected chi connectivity index (χ4v) is 1.47. The molecular weight excluding hydrogens is 222 g/mol. The number of pyridine rings is 1. The van der Waals surface area contributed by atoms with Gasteiger partial charge in [0.25, 0.3) is 0 Å². The summed E-state index contributed by atoms with van der Waals surface area (Å²) in [5.74, 6) is 0. The van der Waals surface area contributed by atoms with Gasteiger partial charge in [-0.1, -0.05) is 6.07 Å². The lowest BCUT2D eigenvalue weighted by Crippen LogP contribution is -2.07. The van der Waals surface area contributed by atoms with Crippen molar-refractivity contribution in [1.29, 1.82) is 0 Å². The first kappa shape index (κ1) is 12.4. The van der Waals surface area contributed by atoms with E-state index in [4.69, 9.17) is 18.9 Å². The lowest BCUT2D eigenvalue weighted by atomic mass is 10.2. The minimum Gasteiger partial charge on any atom is -0.374 e. The maximum atomic E-state index is 5.47. The van der Waals surface area contributed by atoms with Crippen LogP contribution >= 0.6 is 0 Å². The van der Waals surface area contributed by atoms with Crippen LogP contribution in [0.3, 0.4) is 0 Å². The third-order valence-electron chi connectivity index (χ3n) is 2.49. The molecule has 17 heavy (non-hydrogen) atoms. The molecule has 0 saturated carbocycles.